The largest absolute Gasteiger partial charge is 0.494 e. The van der Waals surface area contributed by atoms with Crippen molar-refractivity contribution in [3.8, 4) is 5.75 Å². The molecule has 7 heteroatoms. The van der Waals surface area contributed by atoms with E-state index in [4.69, 9.17) is 15.2 Å². The Hall–Kier alpha value is -2.57. The van der Waals surface area contributed by atoms with Gasteiger partial charge < -0.3 is 20.5 Å². The second-order valence-electron chi connectivity index (χ2n) is 6.63. The second-order valence-corrected chi connectivity index (χ2v) is 6.63. The van der Waals surface area contributed by atoms with E-state index in [1.165, 1.54) is 5.56 Å². The van der Waals surface area contributed by atoms with Gasteiger partial charge in [-0.3, -0.25) is 14.4 Å². The number of primary amides is 1. The Bertz CT molecular complexity index is 590. The molecule has 1 aromatic rings. The molecular formula is C18H26N2O5. The number of hydrogen-bond donors (Lipinski definition) is 2. The molecule has 25 heavy (non-hydrogen) atoms. The molecule has 0 bridgehead atoms. The maximum atomic E-state index is 11.5. The lowest BCUT2D eigenvalue weighted by Crippen LogP contribution is -2.35. The van der Waals surface area contributed by atoms with Crippen molar-refractivity contribution in [3.63, 3.8) is 0 Å². The summed E-state index contributed by atoms with van der Waals surface area (Å²) in [5, 5.41) is 2.23. The van der Waals surface area contributed by atoms with Gasteiger partial charge in [0.05, 0.1) is 13.2 Å². The number of benzene rings is 1. The zero-order chi connectivity index (χ0) is 18.9. The predicted molar refractivity (Wildman–Crippen MR) is 93.0 cm³/mol. The number of amides is 2. The third-order valence-electron chi connectivity index (χ3n) is 3.34. The summed E-state index contributed by atoms with van der Waals surface area (Å²) in [6.45, 7) is 6.09. The molecule has 0 aliphatic carbocycles. The van der Waals surface area contributed by atoms with Crippen molar-refractivity contribution in [1.29, 1.82) is 0 Å². The number of rotatable bonds is 9. The highest BCUT2D eigenvalue weighted by molar-refractivity contribution is 5.85. The van der Waals surface area contributed by atoms with Gasteiger partial charge >= 0.3 is 5.97 Å². The van der Waals surface area contributed by atoms with E-state index < -0.39 is 24.4 Å². The quantitative estimate of drug-likeness (QED) is 0.515. The fourth-order valence-corrected chi connectivity index (χ4v) is 1.91. The maximum Gasteiger partial charge on any atom is 0.306 e. The van der Waals surface area contributed by atoms with Gasteiger partial charge in [-0.2, -0.15) is 0 Å². The molecule has 0 aromatic heterocycles. The summed E-state index contributed by atoms with van der Waals surface area (Å²) in [4.78, 5) is 33.2. The van der Waals surface area contributed by atoms with Crippen LogP contribution >= 0.6 is 0 Å². The average Bonchev–Trinajstić information content (AvgIpc) is 2.54. The van der Waals surface area contributed by atoms with Crippen LogP contribution in [0, 0.1) is 0 Å². The molecule has 1 rings (SSSR count). The van der Waals surface area contributed by atoms with Crippen LogP contribution in [0.4, 0.5) is 0 Å². The van der Waals surface area contributed by atoms with Gasteiger partial charge in [-0.15, -0.1) is 0 Å². The minimum atomic E-state index is -0.660. The van der Waals surface area contributed by atoms with Crippen LogP contribution in [0.5, 0.6) is 5.75 Å². The van der Waals surface area contributed by atoms with E-state index in [2.05, 4.69) is 26.1 Å². The summed E-state index contributed by atoms with van der Waals surface area (Å²) in [6, 6.07) is 7.85. The van der Waals surface area contributed by atoms with Gasteiger partial charge in [0.2, 0.25) is 5.91 Å². The Balaban J connectivity index is 2.19. The summed E-state index contributed by atoms with van der Waals surface area (Å²) < 4.78 is 10.4. The van der Waals surface area contributed by atoms with Gasteiger partial charge in [0, 0.05) is 6.42 Å². The molecule has 0 radical (unpaired) electrons. The second kappa shape index (κ2) is 9.66. The fourth-order valence-electron chi connectivity index (χ4n) is 1.91. The van der Waals surface area contributed by atoms with Crippen LogP contribution < -0.4 is 15.8 Å². The number of nitrogens with two attached hydrogens (primary N) is 1. The lowest BCUT2D eigenvalue weighted by atomic mass is 9.87. The number of ether oxygens (including phenoxy) is 2. The van der Waals surface area contributed by atoms with E-state index in [0.717, 1.165) is 5.75 Å². The molecule has 0 atom stereocenters. The lowest BCUT2D eigenvalue weighted by molar-refractivity contribution is -0.148. The Morgan fingerprint density at radius 3 is 2.32 bits per heavy atom. The smallest absolute Gasteiger partial charge is 0.306 e. The number of esters is 1. The third-order valence-corrected chi connectivity index (χ3v) is 3.34. The van der Waals surface area contributed by atoms with Gasteiger partial charge in [0.15, 0.2) is 6.61 Å². The molecule has 3 N–H and O–H groups in total. The molecule has 0 spiro atoms. The first-order valence-corrected chi connectivity index (χ1v) is 8.12. The standard InChI is InChI=1S/C18H26N2O5/c1-18(2,3)13-6-8-14(9-7-13)24-10-4-5-17(23)25-12-16(22)20-11-15(19)21/h6-9H,4-5,10-12H2,1-3H3,(H2,19,21)(H,20,22). The average molecular weight is 350 g/mol. The molecule has 0 aliphatic rings. The van der Waals surface area contributed by atoms with Crippen LogP contribution in [0.3, 0.4) is 0 Å². The summed E-state index contributed by atoms with van der Waals surface area (Å²) >= 11 is 0. The van der Waals surface area contributed by atoms with Crippen molar-refractivity contribution >= 4 is 17.8 Å². The molecule has 1 aromatic carbocycles. The summed E-state index contributed by atoms with van der Waals surface area (Å²) in [6.07, 6.45) is 0.617. The number of carbonyl (C=O) groups excluding carboxylic acids is 3. The van der Waals surface area contributed by atoms with Crippen LogP contribution in [0.1, 0.15) is 39.2 Å². The van der Waals surface area contributed by atoms with E-state index in [1.807, 2.05) is 24.3 Å². The van der Waals surface area contributed by atoms with Crippen LogP contribution in [-0.4, -0.2) is 37.5 Å². The molecule has 0 saturated heterocycles. The van der Waals surface area contributed by atoms with Gasteiger partial charge in [-0.25, -0.2) is 0 Å². The first-order chi connectivity index (χ1) is 11.7. The van der Waals surface area contributed by atoms with Crippen LogP contribution in [0.25, 0.3) is 0 Å². The maximum absolute atomic E-state index is 11.5. The van der Waals surface area contributed by atoms with Gasteiger partial charge in [-0.05, 0) is 29.5 Å². The van der Waals surface area contributed by atoms with Crippen molar-refractivity contribution in [3.05, 3.63) is 29.8 Å². The van der Waals surface area contributed by atoms with Gasteiger partial charge in [0.25, 0.3) is 5.91 Å². The van der Waals surface area contributed by atoms with Crippen molar-refractivity contribution < 1.29 is 23.9 Å². The molecule has 0 unspecified atom stereocenters. The van der Waals surface area contributed by atoms with E-state index in [1.54, 1.807) is 0 Å². The number of carbonyl (C=O) groups is 3. The van der Waals surface area contributed by atoms with Gasteiger partial charge in [0.1, 0.15) is 5.75 Å². The summed E-state index contributed by atoms with van der Waals surface area (Å²) in [5.74, 6) is -0.984. The first kappa shape index (κ1) is 20.5. The highest BCUT2D eigenvalue weighted by atomic mass is 16.5. The number of hydrogen-bond acceptors (Lipinski definition) is 5. The SMILES string of the molecule is CC(C)(C)c1ccc(OCCCC(=O)OCC(=O)NCC(N)=O)cc1. The van der Waals surface area contributed by atoms with Crippen molar-refractivity contribution in [1.82, 2.24) is 5.32 Å². The van der Waals surface area contributed by atoms with E-state index in [9.17, 15) is 14.4 Å². The highest BCUT2D eigenvalue weighted by Gasteiger charge is 2.13. The van der Waals surface area contributed by atoms with Crippen LogP contribution in [-0.2, 0) is 24.5 Å². The topological polar surface area (TPSA) is 108 Å². The Morgan fingerprint density at radius 1 is 1.12 bits per heavy atom. The van der Waals surface area contributed by atoms with Crippen LogP contribution in [0.2, 0.25) is 0 Å². The molecule has 2 amide bonds. The van der Waals surface area contributed by atoms with Gasteiger partial charge in [-0.1, -0.05) is 32.9 Å². The van der Waals surface area contributed by atoms with Crippen LogP contribution in [0.15, 0.2) is 24.3 Å². The molecule has 138 valence electrons. The zero-order valence-corrected chi connectivity index (χ0v) is 15.0. The summed E-state index contributed by atoms with van der Waals surface area (Å²) in [5.41, 5.74) is 6.19. The summed E-state index contributed by atoms with van der Waals surface area (Å²) in [7, 11) is 0. The minimum absolute atomic E-state index is 0.0893. The predicted octanol–water partition coefficient (Wildman–Crippen LogP) is 1.29. The molecule has 0 fully saturated rings. The van der Waals surface area contributed by atoms with E-state index in [0.29, 0.717) is 13.0 Å². The Kier molecular flexibility index (Phi) is 7.91. The molecule has 0 saturated carbocycles. The Morgan fingerprint density at radius 2 is 1.76 bits per heavy atom. The zero-order valence-electron chi connectivity index (χ0n) is 15.0. The molecule has 7 nitrogen and oxygen atoms in total. The lowest BCUT2D eigenvalue weighted by Gasteiger charge is -2.19. The highest BCUT2D eigenvalue weighted by Crippen LogP contribution is 2.24. The van der Waals surface area contributed by atoms with Crippen molar-refractivity contribution in [2.24, 2.45) is 5.73 Å². The Labute approximate surface area is 147 Å². The number of nitrogens with one attached hydrogen (secondary N) is 1. The minimum Gasteiger partial charge on any atom is -0.494 e. The molecule has 0 aliphatic heterocycles. The monoisotopic (exact) mass is 350 g/mol. The first-order valence-electron chi connectivity index (χ1n) is 8.12. The van der Waals surface area contributed by atoms with Crippen molar-refractivity contribution in [2.45, 2.75) is 39.0 Å². The normalized spacial score (nSPS) is 10.8. The fraction of sp³-hybridized carbons (Fsp3) is 0.500. The van der Waals surface area contributed by atoms with Crippen molar-refractivity contribution in [2.75, 3.05) is 19.8 Å². The molecule has 0 heterocycles. The third kappa shape index (κ3) is 8.74. The molecular weight excluding hydrogens is 324 g/mol. The van der Waals surface area contributed by atoms with E-state index >= 15 is 0 Å². The van der Waals surface area contributed by atoms with E-state index in [-0.39, 0.29) is 18.4 Å².